The van der Waals surface area contributed by atoms with Gasteiger partial charge in [0.05, 0.1) is 17.0 Å². The Morgan fingerprint density at radius 1 is 1.08 bits per heavy atom. The molecule has 8 nitrogen and oxygen atoms in total. The van der Waals surface area contributed by atoms with Crippen LogP contribution in [0.2, 0.25) is 0 Å². The van der Waals surface area contributed by atoms with Crippen LogP contribution in [0.15, 0.2) is 71.6 Å². The molecule has 1 unspecified atom stereocenters. The summed E-state index contributed by atoms with van der Waals surface area (Å²) >= 11 is -0.281. The number of para-hydroxylation sites is 1. The Morgan fingerprint density at radius 2 is 1.81 bits per heavy atom. The number of carbonyl (C=O) groups is 2. The highest BCUT2D eigenvalue weighted by Crippen LogP contribution is 2.36. The zero-order chi connectivity index (χ0) is 25.9. The minimum atomic E-state index is -4.43. The molecule has 0 aliphatic rings. The van der Waals surface area contributed by atoms with E-state index in [1.807, 2.05) is 0 Å². The number of rotatable bonds is 7. The lowest BCUT2D eigenvalue weighted by molar-refractivity contribution is -0.117. The number of carbonyl (C=O) groups excluding carboxylic acids is 2. The van der Waals surface area contributed by atoms with E-state index in [-0.39, 0.29) is 40.5 Å². The third-order valence-corrected chi connectivity index (χ3v) is 5.95. The normalized spacial score (nSPS) is 12.3. The molecule has 4 aromatic rings. The van der Waals surface area contributed by atoms with E-state index in [1.54, 1.807) is 36.4 Å². The lowest BCUT2D eigenvalue weighted by Gasteiger charge is -2.19. The molecule has 6 N–H and O–H groups in total. The van der Waals surface area contributed by atoms with Crippen molar-refractivity contribution in [2.75, 3.05) is 17.6 Å². The van der Waals surface area contributed by atoms with Crippen LogP contribution in [0.5, 0.6) is 5.75 Å². The Hall–Kier alpha value is -4.19. The molecule has 12 heteroatoms. The maximum atomic E-state index is 13.2. The number of hydrogen-bond donors (Lipinski definition) is 5. The number of nitrogens with two attached hydrogens (primary N) is 1. The standard InChI is InChI=1S/C24H20F3N5O3S/c25-24(26,27)36-15-8-5-13(6-9-15)21(34)29-12-17(16-3-1-2-4-20(16)33)22(35)30-14-7-10-18-19(11-14)32-23(28)31-18/h1-11,17,33H,12H2,(H,29,34)(H,30,35)(H3,28,31,32). The third-order valence-electron chi connectivity index (χ3n) is 5.21. The number of phenolic OH excluding ortho intramolecular Hbond substituents is 1. The first-order chi connectivity index (χ1) is 17.1. The highest BCUT2D eigenvalue weighted by molar-refractivity contribution is 8.00. The number of aromatic hydroxyl groups is 1. The number of aromatic nitrogens is 2. The molecule has 0 fully saturated rings. The molecule has 0 aliphatic heterocycles. The van der Waals surface area contributed by atoms with E-state index < -0.39 is 23.2 Å². The summed E-state index contributed by atoms with van der Waals surface area (Å²) in [7, 11) is 0. The molecule has 1 aromatic heterocycles. The van der Waals surface area contributed by atoms with Crippen LogP contribution in [0.25, 0.3) is 11.0 Å². The van der Waals surface area contributed by atoms with E-state index in [2.05, 4.69) is 20.6 Å². The van der Waals surface area contributed by atoms with Gasteiger partial charge in [-0.25, -0.2) is 4.98 Å². The van der Waals surface area contributed by atoms with Gasteiger partial charge >= 0.3 is 5.51 Å². The fraction of sp³-hybridized carbons (Fsp3) is 0.125. The molecule has 0 radical (unpaired) electrons. The second-order valence-corrected chi connectivity index (χ2v) is 8.88. The van der Waals surface area contributed by atoms with Crippen LogP contribution in [-0.4, -0.2) is 38.9 Å². The number of amides is 2. The van der Waals surface area contributed by atoms with Crippen LogP contribution in [0.4, 0.5) is 24.8 Å². The fourth-order valence-corrected chi connectivity index (χ4v) is 4.11. The number of imidazole rings is 1. The van der Waals surface area contributed by atoms with Crippen molar-refractivity contribution in [2.24, 2.45) is 0 Å². The smallest absolute Gasteiger partial charge is 0.446 e. The van der Waals surface area contributed by atoms with Gasteiger partial charge in [-0.15, -0.1) is 0 Å². The highest BCUT2D eigenvalue weighted by Gasteiger charge is 2.29. The summed E-state index contributed by atoms with van der Waals surface area (Å²) in [6.07, 6.45) is 0. The summed E-state index contributed by atoms with van der Waals surface area (Å²) in [5.74, 6) is -1.95. The average molecular weight is 516 g/mol. The first-order valence-electron chi connectivity index (χ1n) is 10.6. The van der Waals surface area contributed by atoms with E-state index >= 15 is 0 Å². The summed E-state index contributed by atoms with van der Waals surface area (Å²) in [6, 6.07) is 16.1. The van der Waals surface area contributed by atoms with Crippen LogP contribution >= 0.6 is 11.8 Å². The molecule has 0 bridgehead atoms. The fourth-order valence-electron chi connectivity index (χ4n) is 3.57. The Balaban J connectivity index is 1.50. The van der Waals surface area contributed by atoms with Crippen molar-refractivity contribution in [1.29, 1.82) is 0 Å². The SMILES string of the molecule is Nc1nc2ccc(NC(=O)C(CNC(=O)c3ccc(SC(F)(F)F)cc3)c3ccccc3O)cc2[nH]1. The maximum Gasteiger partial charge on any atom is 0.446 e. The topological polar surface area (TPSA) is 133 Å². The molecular formula is C24H20F3N5O3S. The van der Waals surface area contributed by atoms with Gasteiger partial charge in [-0.3, -0.25) is 9.59 Å². The number of halogens is 3. The number of anilines is 2. The van der Waals surface area contributed by atoms with Crippen molar-refractivity contribution in [3.05, 3.63) is 77.9 Å². The molecule has 4 rings (SSSR count). The summed E-state index contributed by atoms with van der Waals surface area (Å²) in [5.41, 5.74) is 3.32. The van der Waals surface area contributed by atoms with Gasteiger partial charge in [0.15, 0.2) is 5.95 Å². The molecular weight excluding hydrogens is 495 g/mol. The minimum Gasteiger partial charge on any atom is -0.508 e. The van der Waals surface area contributed by atoms with Crippen LogP contribution in [0.3, 0.4) is 0 Å². The number of aromatic amines is 1. The molecule has 0 spiro atoms. The van der Waals surface area contributed by atoms with E-state index in [4.69, 9.17) is 5.73 Å². The van der Waals surface area contributed by atoms with Gasteiger partial charge in [-0.05, 0) is 60.3 Å². The van der Waals surface area contributed by atoms with Gasteiger partial charge in [0.1, 0.15) is 5.75 Å². The molecule has 3 aromatic carbocycles. The number of alkyl halides is 3. The van der Waals surface area contributed by atoms with Crippen molar-refractivity contribution >= 4 is 46.2 Å². The van der Waals surface area contributed by atoms with Crippen molar-refractivity contribution in [2.45, 2.75) is 16.3 Å². The molecule has 1 heterocycles. The van der Waals surface area contributed by atoms with Gasteiger partial charge in [-0.2, -0.15) is 13.2 Å². The predicted molar refractivity (Wildman–Crippen MR) is 131 cm³/mol. The molecule has 1 atom stereocenters. The third kappa shape index (κ3) is 6.08. The number of hydrogen-bond acceptors (Lipinski definition) is 6. The molecule has 186 valence electrons. The zero-order valence-electron chi connectivity index (χ0n) is 18.5. The van der Waals surface area contributed by atoms with Gasteiger partial charge in [0.25, 0.3) is 5.91 Å². The lowest BCUT2D eigenvalue weighted by Crippen LogP contribution is -2.34. The summed E-state index contributed by atoms with van der Waals surface area (Å²) < 4.78 is 37.6. The van der Waals surface area contributed by atoms with Gasteiger partial charge in [0.2, 0.25) is 5.91 Å². The minimum absolute atomic E-state index is 0.0542. The van der Waals surface area contributed by atoms with Crippen LogP contribution < -0.4 is 16.4 Å². The van der Waals surface area contributed by atoms with Crippen molar-refractivity contribution in [1.82, 2.24) is 15.3 Å². The number of nitrogens with one attached hydrogen (secondary N) is 3. The van der Waals surface area contributed by atoms with Gasteiger partial charge in [0, 0.05) is 28.3 Å². The molecule has 0 aliphatic carbocycles. The molecule has 2 amide bonds. The highest BCUT2D eigenvalue weighted by atomic mass is 32.2. The van der Waals surface area contributed by atoms with Crippen LogP contribution in [0.1, 0.15) is 21.8 Å². The maximum absolute atomic E-state index is 13.2. The number of benzene rings is 3. The second-order valence-electron chi connectivity index (χ2n) is 7.74. The monoisotopic (exact) mass is 515 g/mol. The molecule has 0 saturated heterocycles. The summed E-state index contributed by atoms with van der Waals surface area (Å²) in [4.78, 5) is 32.8. The number of thioether (sulfide) groups is 1. The molecule has 36 heavy (non-hydrogen) atoms. The number of phenols is 1. The zero-order valence-corrected chi connectivity index (χ0v) is 19.3. The summed E-state index contributed by atoms with van der Waals surface area (Å²) in [6.45, 7) is -0.180. The van der Waals surface area contributed by atoms with E-state index in [0.29, 0.717) is 22.3 Å². The van der Waals surface area contributed by atoms with E-state index in [1.165, 1.54) is 30.3 Å². The Kier molecular flexibility index (Phi) is 7.06. The first-order valence-corrected chi connectivity index (χ1v) is 11.4. The largest absolute Gasteiger partial charge is 0.508 e. The lowest BCUT2D eigenvalue weighted by atomic mass is 9.96. The van der Waals surface area contributed by atoms with E-state index in [0.717, 1.165) is 0 Å². The first kappa shape index (κ1) is 24.9. The summed E-state index contributed by atoms with van der Waals surface area (Å²) in [5, 5.41) is 15.7. The Morgan fingerprint density at radius 3 is 2.50 bits per heavy atom. The second kappa shape index (κ2) is 10.2. The van der Waals surface area contributed by atoms with Gasteiger partial charge in [-0.1, -0.05) is 18.2 Å². The van der Waals surface area contributed by atoms with E-state index in [9.17, 15) is 27.9 Å². The van der Waals surface area contributed by atoms with Gasteiger partial charge < -0.3 is 26.5 Å². The number of H-pyrrole nitrogens is 1. The van der Waals surface area contributed by atoms with Crippen LogP contribution in [-0.2, 0) is 4.79 Å². The van der Waals surface area contributed by atoms with Crippen molar-refractivity contribution < 1.29 is 27.9 Å². The quantitative estimate of drug-likeness (QED) is 0.228. The number of fused-ring (bicyclic) bond motifs is 1. The van der Waals surface area contributed by atoms with Crippen LogP contribution in [0, 0.1) is 0 Å². The number of nitrogen functional groups attached to an aromatic ring is 1. The van der Waals surface area contributed by atoms with Crippen molar-refractivity contribution in [3.8, 4) is 5.75 Å². The predicted octanol–water partition coefficient (Wildman–Crippen LogP) is 4.61. The van der Waals surface area contributed by atoms with Crippen molar-refractivity contribution in [3.63, 3.8) is 0 Å². The average Bonchev–Trinajstić information content (AvgIpc) is 3.19. The number of nitrogens with zero attached hydrogens (tertiary/aromatic N) is 1. The Bertz CT molecular complexity index is 1410. The Labute approximate surface area is 207 Å². The molecule has 0 saturated carbocycles.